The van der Waals surface area contributed by atoms with Crippen molar-refractivity contribution < 1.29 is 19.0 Å². The van der Waals surface area contributed by atoms with Gasteiger partial charge in [0.1, 0.15) is 18.4 Å². The number of nitrogens with zero attached hydrogens (tertiary/aromatic N) is 2. The molecule has 1 unspecified atom stereocenters. The number of carbonyl (C=O) groups is 1. The highest BCUT2D eigenvalue weighted by Gasteiger charge is 2.16. The summed E-state index contributed by atoms with van der Waals surface area (Å²) in [4.78, 5) is 12.4. The van der Waals surface area contributed by atoms with E-state index in [0.717, 1.165) is 15.8 Å². The van der Waals surface area contributed by atoms with E-state index in [0.29, 0.717) is 37.0 Å². The minimum atomic E-state index is -0.429. The first kappa shape index (κ1) is 22.7. The van der Waals surface area contributed by atoms with Crippen LogP contribution in [0, 0.1) is 0 Å². The van der Waals surface area contributed by atoms with E-state index in [1.54, 1.807) is 24.0 Å². The van der Waals surface area contributed by atoms with Crippen LogP contribution in [0.1, 0.15) is 32.4 Å². The molecule has 0 aliphatic heterocycles. The van der Waals surface area contributed by atoms with Crippen LogP contribution >= 0.6 is 15.9 Å². The molecule has 0 saturated carbocycles. The van der Waals surface area contributed by atoms with Crippen molar-refractivity contribution in [3.05, 3.63) is 64.9 Å². The summed E-state index contributed by atoms with van der Waals surface area (Å²) in [7, 11) is 0. The lowest BCUT2D eigenvalue weighted by molar-refractivity contribution is -0.119. The van der Waals surface area contributed by atoms with Crippen LogP contribution in [0.4, 0.5) is 5.69 Å². The van der Waals surface area contributed by atoms with E-state index in [9.17, 15) is 4.79 Å². The minimum absolute atomic E-state index is 0.151. The molecule has 3 aromatic rings. The lowest BCUT2D eigenvalue weighted by atomic mass is 10.2. The molecule has 0 bridgehead atoms. The second-order valence-corrected chi connectivity index (χ2v) is 7.68. The first-order chi connectivity index (χ1) is 15.0. The van der Waals surface area contributed by atoms with Crippen LogP contribution in [0.2, 0.25) is 0 Å². The van der Waals surface area contributed by atoms with E-state index in [-0.39, 0.29) is 5.91 Å². The van der Waals surface area contributed by atoms with Crippen molar-refractivity contribution in [3.63, 3.8) is 0 Å². The molecule has 1 atom stereocenters. The van der Waals surface area contributed by atoms with Crippen molar-refractivity contribution in [2.24, 2.45) is 0 Å². The standard InChI is InChI=1S/C23H26BrN3O4/c1-4-29-21-11-6-17(12-22(21)30-5-2)15-31-20-9-7-19(8-10-20)26-23(28)16(3)27-14-18(24)13-25-27/h6-14,16H,4-5,15H2,1-3H3,(H,26,28). The van der Waals surface area contributed by atoms with Crippen molar-refractivity contribution >= 4 is 27.5 Å². The van der Waals surface area contributed by atoms with Gasteiger partial charge in [-0.3, -0.25) is 9.48 Å². The van der Waals surface area contributed by atoms with Gasteiger partial charge in [0.05, 0.1) is 23.9 Å². The van der Waals surface area contributed by atoms with Crippen molar-refractivity contribution in [3.8, 4) is 17.2 Å². The predicted octanol–water partition coefficient (Wildman–Crippen LogP) is 5.22. The Balaban J connectivity index is 1.57. The van der Waals surface area contributed by atoms with E-state index >= 15 is 0 Å². The molecule has 7 nitrogen and oxygen atoms in total. The molecule has 164 valence electrons. The van der Waals surface area contributed by atoms with Gasteiger partial charge in [0.25, 0.3) is 0 Å². The first-order valence-electron chi connectivity index (χ1n) is 10.1. The molecule has 0 spiro atoms. The van der Waals surface area contributed by atoms with E-state index in [1.165, 1.54) is 0 Å². The number of aromatic nitrogens is 2. The Hall–Kier alpha value is -3.00. The van der Waals surface area contributed by atoms with Crippen LogP contribution in [-0.4, -0.2) is 28.9 Å². The van der Waals surface area contributed by atoms with Crippen molar-refractivity contribution in [1.29, 1.82) is 0 Å². The first-order valence-corrected chi connectivity index (χ1v) is 10.9. The fourth-order valence-corrected chi connectivity index (χ4v) is 3.18. The van der Waals surface area contributed by atoms with Crippen LogP contribution in [0.3, 0.4) is 0 Å². The monoisotopic (exact) mass is 487 g/mol. The number of halogens is 1. The fourth-order valence-electron chi connectivity index (χ4n) is 2.88. The third-order valence-electron chi connectivity index (χ3n) is 4.48. The molecule has 0 fully saturated rings. The lowest BCUT2D eigenvalue weighted by Crippen LogP contribution is -2.23. The number of rotatable bonds is 10. The number of hydrogen-bond acceptors (Lipinski definition) is 5. The summed E-state index contributed by atoms with van der Waals surface area (Å²) >= 11 is 3.34. The smallest absolute Gasteiger partial charge is 0.248 e. The second kappa shape index (κ2) is 10.9. The van der Waals surface area contributed by atoms with Crippen LogP contribution in [-0.2, 0) is 11.4 Å². The summed E-state index contributed by atoms with van der Waals surface area (Å²) in [5.74, 6) is 1.99. The molecular weight excluding hydrogens is 462 g/mol. The summed E-state index contributed by atoms with van der Waals surface area (Å²) in [5.41, 5.74) is 1.67. The zero-order valence-corrected chi connectivity index (χ0v) is 19.4. The van der Waals surface area contributed by atoms with E-state index in [1.807, 2.05) is 56.3 Å². The minimum Gasteiger partial charge on any atom is -0.490 e. The summed E-state index contributed by atoms with van der Waals surface area (Å²) in [6, 6.07) is 12.6. The summed E-state index contributed by atoms with van der Waals surface area (Å²) < 4.78 is 19.6. The van der Waals surface area contributed by atoms with Gasteiger partial charge in [-0.05, 0) is 78.7 Å². The normalized spacial score (nSPS) is 11.6. The zero-order chi connectivity index (χ0) is 22.2. The average molecular weight is 488 g/mol. The topological polar surface area (TPSA) is 74.6 Å². The number of hydrogen-bond donors (Lipinski definition) is 1. The molecule has 0 saturated heterocycles. The van der Waals surface area contributed by atoms with Crippen LogP contribution in [0.5, 0.6) is 17.2 Å². The molecule has 1 amide bonds. The number of nitrogens with one attached hydrogen (secondary N) is 1. The van der Waals surface area contributed by atoms with Crippen LogP contribution in [0.15, 0.2) is 59.3 Å². The van der Waals surface area contributed by atoms with E-state index in [2.05, 4.69) is 26.3 Å². The highest BCUT2D eigenvalue weighted by molar-refractivity contribution is 9.10. The van der Waals surface area contributed by atoms with Gasteiger partial charge in [0.2, 0.25) is 5.91 Å². The largest absolute Gasteiger partial charge is 0.490 e. The maximum atomic E-state index is 12.4. The highest BCUT2D eigenvalue weighted by Crippen LogP contribution is 2.29. The second-order valence-electron chi connectivity index (χ2n) is 6.76. The van der Waals surface area contributed by atoms with Crippen LogP contribution < -0.4 is 19.5 Å². The number of carbonyl (C=O) groups excluding carboxylic acids is 1. The van der Waals surface area contributed by atoms with Gasteiger partial charge in [-0.25, -0.2) is 0 Å². The Kier molecular flexibility index (Phi) is 7.94. The predicted molar refractivity (Wildman–Crippen MR) is 123 cm³/mol. The molecule has 0 radical (unpaired) electrons. The van der Waals surface area contributed by atoms with Gasteiger partial charge >= 0.3 is 0 Å². The van der Waals surface area contributed by atoms with Gasteiger partial charge in [-0.15, -0.1) is 0 Å². The molecule has 1 heterocycles. The van der Waals surface area contributed by atoms with Crippen molar-refractivity contribution in [1.82, 2.24) is 9.78 Å². The van der Waals surface area contributed by atoms with Crippen molar-refractivity contribution in [2.45, 2.75) is 33.4 Å². The van der Waals surface area contributed by atoms with E-state index in [4.69, 9.17) is 14.2 Å². The Morgan fingerprint density at radius 1 is 1.06 bits per heavy atom. The molecule has 3 rings (SSSR count). The molecule has 1 N–H and O–H groups in total. The van der Waals surface area contributed by atoms with Gasteiger partial charge in [-0.2, -0.15) is 5.10 Å². The molecule has 2 aromatic carbocycles. The molecular formula is C23H26BrN3O4. The van der Waals surface area contributed by atoms with Gasteiger partial charge in [-0.1, -0.05) is 6.07 Å². The Labute approximate surface area is 190 Å². The number of benzene rings is 2. The Morgan fingerprint density at radius 2 is 1.77 bits per heavy atom. The summed E-state index contributed by atoms with van der Waals surface area (Å²) in [6.45, 7) is 7.21. The third-order valence-corrected chi connectivity index (χ3v) is 4.89. The van der Waals surface area contributed by atoms with Gasteiger partial charge < -0.3 is 19.5 Å². The van der Waals surface area contributed by atoms with Gasteiger partial charge in [0, 0.05) is 11.9 Å². The third kappa shape index (κ3) is 6.24. The molecule has 1 aromatic heterocycles. The number of amides is 1. The molecule has 0 aliphatic rings. The van der Waals surface area contributed by atoms with E-state index < -0.39 is 6.04 Å². The molecule has 0 aliphatic carbocycles. The fraction of sp³-hybridized carbons (Fsp3) is 0.304. The molecule has 8 heteroatoms. The van der Waals surface area contributed by atoms with Gasteiger partial charge in [0.15, 0.2) is 11.5 Å². The number of ether oxygens (including phenoxy) is 3. The summed E-state index contributed by atoms with van der Waals surface area (Å²) in [6.07, 6.45) is 3.41. The van der Waals surface area contributed by atoms with Crippen LogP contribution in [0.25, 0.3) is 0 Å². The zero-order valence-electron chi connectivity index (χ0n) is 17.8. The maximum Gasteiger partial charge on any atom is 0.248 e. The Morgan fingerprint density at radius 3 is 2.42 bits per heavy atom. The maximum absolute atomic E-state index is 12.4. The highest BCUT2D eigenvalue weighted by atomic mass is 79.9. The SMILES string of the molecule is CCOc1ccc(COc2ccc(NC(=O)C(C)n3cc(Br)cn3)cc2)cc1OCC. The summed E-state index contributed by atoms with van der Waals surface area (Å²) in [5, 5.41) is 7.04. The number of anilines is 1. The molecule has 31 heavy (non-hydrogen) atoms. The quantitative estimate of drug-likeness (QED) is 0.424. The Bertz CT molecular complexity index is 1000. The van der Waals surface area contributed by atoms with Crippen molar-refractivity contribution in [2.75, 3.05) is 18.5 Å². The average Bonchev–Trinajstić information content (AvgIpc) is 3.21. The lowest BCUT2D eigenvalue weighted by Gasteiger charge is -2.14.